The Balaban J connectivity index is 1.15. The van der Waals surface area contributed by atoms with E-state index in [0.717, 1.165) is 53.3 Å². The van der Waals surface area contributed by atoms with E-state index in [1.54, 1.807) is 18.0 Å². The van der Waals surface area contributed by atoms with Crippen LogP contribution in [0.2, 0.25) is 0 Å². The van der Waals surface area contributed by atoms with Crippen molar-refractivity contribution in [3.63, 3.8) is 0 Å². The minimum atomic E-state index is 0.120. The highest BCUT2D eigenvalue weighted by Crippen LogP contribution is 2.50. The van der Waals surface area contributed by atoms with Gasteiger partial charge in [-0.3, -0.25) is 0 Å². The Hall–Kier alpha value is -2.97. The number of nitrogens with two attached hydrogens (primary N) is 1. The van der Waals surface area contributed by atoms with Gasteiger partial charge in [-0.15, -0.1) is 10.2 Å². The summed E-state index contributed by atoms with van der Waals surface area (Å²) < 4.78 is 0. The first-order chi connectivity index (χ1) is 15.2. The summed E-state index contributed by atoms with van der Waals surface area (Å²) in [5.41, 5.74) is 10.5. The number of H-pyrrole nitrogens is 1. The van der Waals surface area contributed by atoms with Crippen molar-refractivity contribution in [1.82, 2.24) is 25.1 Å². The van der Waals surface area contributed by atoms with Crippen molar-refractivity contribution in [2.24, 2.45) is 11.1 Å². The van der Waals surface area contributed by atoms with Crippen LogP contribution in [0.15, 0.2) is 64.9 Å². The Morgan fingerprint density at radius 3 is 2.74 bits per heavy atom. The van der Waals surface area contributed by atoms with E-state index in [9.17, 15) is 0 Å². The molecular weight excluding hydrogens is 406 g/mol. The number of aromatic nitrogens is 5. The zero-order valence-corrected chi connectivity index (χ0v) is 17.8. The summed E-state index contributed by atoms with van der Waals surface area (Å²) in [6.45, 7) is 1.81. The van der Waals surface area contributed by atoms with Crippen LogP contribution in [0.4, 0.5) is 5.95 Å². The van der Waals surface area contributed by atoms with E-state index in [1.807, 2.05) is 24.5 Å². The van der Waals surface area contributed by atoms with Gasteiger partial charge >= 0.3 is 0 Å². The molecule has 3 N–H and O–H groups in total. The Bertz CT molecular complexity index is 1230. The smallest absolute Gasteiger partial charge is 0.245 e. The minimum absolute atomic E-state index is 0.120. The number of benzene rings is 1. The van der Waals surface area contributed by atoms with E-state index in [4.69, 9.17) is 5.73 Å². The first-order valence-corrected chi connectivity index (χ1v) is 11.4. The molecule has 1 atom stereocenters. The summed E-state index contributed by atoms with van der Waals surface area (Å²) in [6.07, 6.45) is 8.68. The second-order valence-electron chi connectivity index (χ2n) is 8.45. The van der Waals surface area contributed by atoms with Crippen molar-refractivity contribution in [3.05, 3.63) is 66.1 Å². The normalized spacial score (nSPS) is 19.8. The quantitative estimate of drug-likeness (QED) is 0.512. The van der Waals surface area contributed by atoms with Crippen LogP contribution < -0.4 is 10.6 Å². The Labute approximate surface area is 184 Å². The van der Waals surface area contributed by atoms with Gasteiger partial charge in [0, 0.05) is 41.8 Å². The molecule has 8 heteroatoms. The fraction of sp³-hybridized carbons (Fsp3) is 0.304. The van der Waals surface area contributed by atoms with Crippen molar-refractivity contribution in [3.8, 4) is 0 Å². The van der Waals surface area contributed by atoms with E-state index in [1.165, 1.54) is 11.1 Å². The van der Waals surface area contributed by atoms with Crippen LogP contribution in [-0.2, 0) is 6.42 Å². The highest BCUT2D eigenvalue weighted by atomic mass is 32.2. The van der Waals surface area contributed by atoms with E-state index < -0.39 is 0 Å². The highest BCUT2D eigenvalue weighted by molar-refractivity contribution is 7.99. The molecule has 2 aliphatic rings. The molecule has 1 aliphatic heterocycles. The van der Waals surface area contributed by atoms with Crippen LogP contribution in [0.5, 0.6) is 0 Å². The molecule has 1 fully saturated rings. The molecule has 0 radical (unpaired) electrons. The average Bonchev–Trinajstić information content (AvgIpc) is 3.39. The first kappa shape index (κ1) is 18.8. The number of hydrogen-bond acceptors (Lipinski definition) is 7. The van der Waals surface area contributed by atoms with E-state index >= 15 is 0 Å². The molecule has 6 rings (SSSR count). The lowest BCUT2D eigenvalue weighted by molar-refractivity contribution is 0.186. The molecule has 156 valence electrons. The topological polar surface area (TPSA) is 96.6 Å². The number of nitrogens with zero attached hydrogens (tertiary/aromatic N) is 5. The predicted octanol–water partition coefficient (Wildman–Crippen LogP) is 3.74. The molecule has 1 spiro atoms. The van der Waals surface area contributed by atoms with Gasteiger partial charge in [0.15, 0.2) is 0 Å². The van der Waals surface area contributed by atoms with Gasteiger partial charge in [0.1, 0.15) is 10.7 Å². The second kappa shape index (κ2) is 7.32. The molecule has 1 saturated heterocycles. The summed E-state index contributed by atoms with van der Waals surface area (Å²) in [6, 6.07) is 12.8. The lowest BCUT2D eigenvalue weighted by Crippen LogP contribution is -2.45. The van der Waals surface area contributed by atoms with Crippen molar-refractivity contribution < 1.29 is 0 Å². The number of aromatic amines is 1. The van der Waals surface area contributed by atoms with Crippen molar-refractivity contribution in [2.45, 2.75) is 35.2 Å². The zero-order valence-electron chi connectivity index (χ0n) is 17.0. The van der Waals surface area contributed by atoms with Crippen LogP contribution in [0.25, 0.3) is 11.0 Å². The number of piperidine rings is 1. The molecule has 4 aromatic rings. The molecule has 1 aliphatic carbocycles. The van der Waals surface area contributed by atoms with Gasteiger partial charge < -0.3 is 15.6 Å². The number of anilines is 1. The van der Waals surface area contributed by atoms with Gasteiger partial charge in [-0.25, -0.2) is 9.97 Å². The summed E-state index contributed by atoms with van der Waals surface area (Å²) in [5, 5.41) is 10.7. The molecule has 0 unspecified atom stereocenters. The second-order valence-corrected chi connectivity index (χ2v) is 9.51. The van der Waals surface area contributed by atoms with Crippen molar-refractivity contribution >= 4 is 28.7 Å². The molecule has 3 aromatic heterocycles. The Morgan fingerprint density at radius 2 is 1.94 bits per heavy atom. The number of hydrogen-bond donors (Lipinski definition) is 2. The number of fused-ring (bicyclic) bond motifs is 2. The summed E-state index contributed by atoms with van der Waals surface area (Å²) in [7, 11) is 0. The van der Waals surface area contributed by atoms with Gasteiger partial charge in [-0.05, 0) is 47.9 Å². The number of rotatable bonds is 3. The largest absolute Gasteiger partial charge is 0.346 e. The van der Waals surface area contributed by atoms with Crippen molar-refractivity contribution in [1.29, 1.82) is 0 Å². The van der Waals surface area contributed by atoms with E-state index in [-0.39, 0.29) is 11.5 Å². The summed E-state index contributed by atoms with van der Waals surface area (Å²) in [5.74, 6) is 0.699. The third kappa shape index (κ3) is 3.18. The maximum atomic E-state index is 6.69. The molecule has 31 heavy (non-hydrogen) atoms. The number of nitrogens with one attached hydrogen (secondary N) is 1. The van der Waals surface area contributed by atoms with Gasteiger partial charge in [-0.1, -0.05) is 36.0 Å². The van der Waals surface area contributed by atoms with Gasteiger partial charge in [-0.2, -0.15) is 0 Å². The standard InChI is InChI=1S/C23H23N7S/c24-20-16-4-2-1-3-15(16)13-23(20)7-11-30(12-8-23)22-27-14-19(28-29-22)31-18-6-10-26-21-17(18)5-9-25-21/h1-6,9-10,14,20H,7-8,11-13,24H2,(H,25,26)/t20-/m1/s1. The summed E-state index contributed by atoms with van der Waals surface area (Å²) >= 11 is 1.55. The van der Waals surface area contributed by atoms with Crippen LogP contribution >= 0.6 is 11.8 Å². The maximum Gasteiger partial charge on any atom is 0.245 e. The third-order valence-electron chi connectivity index (χ3n) is 6.80. The van der Waals surface area contributed by atoms with E-state index in [2.05, 4.69) is 54.3 Å². The molecule has 0 amide bonds. The Morgan fingerprint density at radius 1 is 1.06 bits per heavy atom. The molecule has 7 nitrogen and oxygen atoms in total. The van der Waals surface area contributed by atoms with E-state index in [0.29, 0.717) is 5.95 Å². The molecule has 1 aromatic carbocycles. The molecular formula is C23H23N7S. The van der Waals surface area contributed by atoms with Crippen LogP contribution in [0.1, 0.15) is 30.0 Å². The summed E-state index contributed by atoms with van der Waals surface area (Å²) in [4.78, 5) is 15.4. The fourth-order valence-electron chi connectivity index (χ4n) is 5.04. The maximum absolute atomic E-state index is 6.69. The van der Waals surface area contributed by atoms with Gasteiger partial charge in [0.2, 0.25) is 5.95 Å². The van der Waals surface area contributed by atoms with Crippen LogP contribution in [0, 0.1) is 5.41 Å². The SMILES string of the molecule is N[C@@H]1c2ccccc2CC12CCN(c1ncc(Sc3ccnc4[nH]ccc34)nn1)CC2. The Kier molecular flexibility index (Phi) is 4.43. The average molecular weight is 430 g/mol. The van der Waals surface area contributed by atoms with Gasteiger partial charge in [0.25, 0.3) is 0 Å². The molecule has 4 heterocycles. The lowest BCUT2D eigenvalue weighted by atomic mass is 9.73. The van der Waals surface area contributed by atoms with Gasteiger partial charge in [0.05, 0.1) is 6.20 Å². The van der Waals surface area contributed by atoms with Crippen LogP contribution in [-0.4, -0.2) is 38.2 Å². The predicted molar refractivity (Wildman–Crippen MR) is 121 cm³/mol. The van der Waals surface area contributed by atoms with Crippen LogP contribution in [0.3, 0.4) is 0 Å². The number of pyridine rings is 1. The molecule has 0 saturated carbocycles. The molecule has 0 bridgehead atoms. The monoisotopic (exact) mass is 429 g/mol. The third-order valence-corrected chi connectivity index (χ3v) is 7.77. The minimum Gasteiger partial charge on any atom is -0.346 e. The highest BCUT2D eigenvalue weighted by Gasteiger charge is 2.46. The zero-order chi connectivity index (χ0) is 20.8. The van der Waals surface area contributed by atoms with Crippen molar-refractivity contribution in [2.75, 3.05) is 18.0 Å². The first-order valence-electron chi connectivity index (χ1n) is 10.6. The fourth-order valence-corrected chi connectivity index (χ4v) is 5.86. The lowest BCUT2D eigenvalue weighted by Gasteiger charge is -2.42.